The molecule has 0 fully saturated rings. The Bertz CT molecular complexity index is 2390. The van der Waals surface area contributed by atoms with Crippen molar-refractivity contribution in [3.05, 3.63) is 205 Å². The number of hydrogen-bond donors (Lipinski definition) is 0. The molecule has 0 radical (unpaired) electrons. The van der Waals surface area contributed by atoms with Crippen LogP contribution in [0.5, 0.6) is 0 Å². The van der Waals surface area contributed by atoms with E-state index in [1.165, 1.54) is 27.1 Å². The largest absolute Gasteiger partial charge is 0.311 e. The Kier molecular flexibility index (Phi) is 8.89. The molecule has 0 unspecified atom stereocenters. The summed E-state index contributed by atoms with van der Waals surface area (Å²) in [6.07, 6.45) is 4.38. The molecule has 0 aliphatic carbocycles. The minimum Gasteiger partial charge on any atom is -0.311 e. The summed E-state index contributed by atoms with van der Waals surface area (Å²) in [7, 11) is 0. The van der Waals surface area contributed by atoms with Gasteiger partial charge in [0.25, 0.3) is 0 Å². The van der Waals surface area contributed by atoms with Crippen molar-refractivity contribution in [3.63, 3.8) is 0 Å². The van der Waals surface area contributed by atoms with Crippen molar-refractivity contribution in [2.75, 3.05) is 9.80 Å². The third kappa shape index (κ3) is 6.97. The van der Waals surface area contributed by atoms with Crippen molar-refractivity contribution in [3.8, 4) is 0 Å². The van der Waals surface area contributed by atoms with Crippen molar-refractivity contribution in [2.45, 2.75) is 26.2 Å². The van der Waals surface area contributed by atoms with Gasteiger partial charge in [0.1, 0.15) is 0 Å². The van der Waals surface area contributed by atoms with Crippen LogP contribution >= 0.6 is 0 Å². The fraction of sp³-hybridized carbons (Fsp3) is 0.0800. The Balaban J connectivity index is 1.06. The quantitative estimate of drug-likeness (QED) is 0.148. The molecule has 8 aromatic rings. The number of hydrogen-bond acceptors (Lipinski definition) is 2. The maximum atomic E-state index is 2.35. The second-order valence-corrected chi connectivity index (χ2v) is 14.4. The molecule has 0 saturated carbocycles. The molecule has 0 aliphatic rings. The predicted octanol–water partition coefficient (Wildman–Crippen LogP) is 14.4. The zero-order chi connectivity index (χ0) is 35.5. The van der Waals surface area contributed by atoms with Crippen molar-refractivity contribution in [2.24, 2.45) is 0 Å². The lowest BCUT2D eigenvalue weighted by Crippen LogP contribution is -2.13. The molecule has 0 N–H and O–H groups in total. The van der Waals surface area contributed by atoms with Gasteiger partial charge < -0.3 is 9.80 Å². The van der Waals surface area contributed by atoms with Gasteiger partial charge in [0.2, 0.25) is 0 Å². The molecule has 0 atom stereocenters. The van der Waals surface area contributed by atoms with Crippen LogP contribution in [0.1, 0.15) is 37.5 Å². The lowest BCUT2D eigenvalue weighted by atomic mass is 9.87. The normalized spacial score (nSPS) is 11.7. The maximum Gasteiger partial charge on any atom is 0.0468 e. The van der Waals surface area contributed by atoms with E-state index in [-0.39, 0.29) is 5.41 Å². The molecule has 8 aromatic carbocycles. The zero-order valence-corrected chi connectivity index (χ0v) is 29.9. The van der Waals surface area contributed by atoms with E-state index in [0.717, 1.165) is 45.3 Å². The SMILES string of the molecule is CC(C)(C)c1ccc(N(c2ccccc2)c2ccc(C=Cc3ccc(N(c4ccc5ccccc5c4)c4ccc5ccccc5c4)cc3)cc2)cc1. The number of nitrogens with zero attached hydrogens (tertiary/aromatic N) is 2. The Labute approximate surface area is 307 Å². The zero-order valence-electron chi connectivity index (χ0n) is 29.9. The minimum absolute atomic E-state index is 0.109. The fourth-order valence-corrected chi connectivity index (χ4v) is 6.88. The molecule has 0 heterocycles. The Hall–Kier alpha value is -6.38. The highest BCUT2D eigenvalue weighted by Gasteiger charge is 2.17. The topological polar surface area (TPSA) is 6.48 Å². The van der Waals surface area contributed by atoms with Gasteiger partial charge >= 0.3 is 0 Å². The summed E-state index contributed by atoms with van der Waals surface area (Å²) in [5.41, 5.74) is 10.5. The van der Waals surface area contributed by atoms with Gasteiger partial charge in [0.15, 0.2) is 0 Å². The van der Waals surface area contributed by atoms with E-state index in [0.29, 0.717) is 0 Å². The molecule has 0 amide bonds. The molecule has 0 bridgehead atoms. The van der Waals surface area contributed by atoms with Gasteiger partial charge in [-0.1, -0.05) is 148 Å². The first-order chi connectivity index (χ1) is 25.4. The first-order valence-corrected chi connectivity index (χ1v) is 18.0. The molecule has 0 saturated heterocycles. The predicted molar refractivity (Wildman–Crippen MR) is 225 cm³/mol. The number of benzene rings is 8. The van der Waals surface area contributed by atoms with Crippen LogP contribution in [0.15, 0.2) is 188 Å². The smallest absolute Gasteiger partial charge is 0.0468 e. The third-order valence-corrected chi connectivity index (χ3v) is 9.76. The van der Waals surface area contributed by atoms with Gasteiger partial charge in [0.05, 0.1) is 0 Å². The number of anilines is 6. The van der Waals surface area contributed by atoms with Crippen molar-refractivity contribution in [1.82, 2.24) is 0 Å². The highest BCUT2D eigenvalue weighted by Crippen LogP contribution is 2.38. The Morgan fingerprint density at radius 2 is 0.673 bits per heavy atom. The summed E-state index contributed by atoms with van der Waals surface area (Å²) in [6, 6.07) is 67.7. The van der Waals surface area contributed by atoms with Crippen LogP contribution in [0.25, 0.3) is 33.7 Å². The monoisotopic (exact) mass is 670 g/mol. The van der Waals surface area contributed by atoms with Crippen LogP contribution in [0.2, 0.25) is 0 Å². The molecular weight excluding hydrogens is 629 g/mol. The van der Waals surface area contributed by atoms with E-state index in [4.69, 9.17) is 0 Å². The molecule has 0 spiro atoms. The second-order valence-electron chi connectivity index (χ2n) is 14.4. The molecule has 2 nitrogen and oxygen atoms in total. The Morgan fingerprint density at radius 1 is 0.327 bits per heavy atom. The van der Waals surface area contributed by atoms with Gasteiger partial charge in [-0.25, -0.2) is 0 Å². The molecule has 2 heteroatoms. The molecule has 52 heavy (non-hydrogen) atoms. The molecule has 0 aliphatic heterocycles. The van der Waals surface area contributed by atoms with Crippen LogP contribution in [0.3, 0.4) is 0 Å². The van der Waals surface area contributed by atoms with Gasteiger partial charge in [0, 0.05) is 34.1 Å². The van der Waals surface area contributed by atoms with Gasteiger partial charge in [-0.15, -0.1) is 0 Å². The lowest BCUT2D eigenvalue weighted by molar-refractivity contribution is 0.590. The van der Waals surface area contributed by atoms with Crippen LogP contribution in [-0.4, -0.2) is 0 Å². The first-order valence-electron chi connectivity index (χ1n) is 18.0. The average molecular weight is 671 g/mol. The van der Waals surface area contributed by atoms with Crippen LogP contribution in [0.4, 0.5) is 34.1 Å². The number of fused-ring (bicyclic) bond motifs is 2. The fourth-order valence-electron chi connectivity index (χ4n) is 6.88. The number of rotatable bonds is 8. The van der Waals surface area contributed by atoms with Gasteiger partial charge in [-0.05, 0) is 116 Å². The van der Waals surface area contributed by atoms with E-state index < -0.39 is 0 Å². The van der Waals surface area contributed by atoms with E-state index in [1.807, 2.05) is 0 Å². The van der Waals surface area contributed by atoms with Gasteiger partial charge in [-0.2, -0.15) is 0 Å². The first kappa shape index (κ1) is 32.8. The number of para-hydroxylation sites is 1. The molecule has 0 aromatic heterocycles. The van der Waals surface area contributed by atoms with E-state index in [9.17, 15) is 0 Å². The van der Waals surface area contributed by atoms with Gasteiger partial charge in [-0.3, -0.25) is 0 Å². The van der Waals surface area contributed by atoms with Crippen LogP contribution in [-0.2, 0) is 5.41 Å². The molecule has 252 valence electrons. The standard InChI is InChI=1S/C50H42N2/c1-50(2,3)43-25-33-47(34-26-43)51(44-15-5-4-6-16-44)45-27-19-37(20-28-45)17-18-38-21-29-46(30-22-38)52(48-31-23-39-11-7-9-13-41(39)35-48)49-32-24-40-12-8-10-14-42(40)36-49/h4-36H,1-3H3. The van der Waals surface area contributed by atoms with Crippen molar-refractivity contribution in [1.29, 1.82) is 0 Å². The maximum absolute atomic E-state index is 2.35. The lowest BCUT2D eigenvalue weighted by Gasteiger charge is -2.27. The highest BCUT2D eigenvalue weighted by atomic mass is 15.1. The van der Waals surface area contributed by atoms with E-state index in [1.54, 1.807) is 0 Å². The summed E-state index contributed by atoms with van der Waals surface area (Å²) in [6.45, 7) is 6.76. The van der Waals surface area contributed by atoms with Crippen molar-refractivity contribution >= 4 is 67.8 Å². The summed E-state index contributed by atoms with van der Waals surface area (Å²) in [4.78, 5) is 4.66. The second kappa shape index (κ2) is 14.1. The molecular formula is C50H42N2. The van der Waals surface area contributed by atoms with Crippen LogP contribution < -0.4 is 9.80 Å². The average Bonchev–Trinajstić information content (AvgIpc) is 3.18. The summed E-state index contributed by atoms with van der Waals surface area (Å²) in [5, 5.41) is 4.92. The third-order valence-electron chi connectivity index (χ3n) is 9.76. The van der Waals surface area contributed by atoms with E-state index in [2.05, 4.69) is 231 Å². The summed E-state index contributed by atoms with van der Waals surface area (Å²) < 4.78 is 0. The summed E-state index contributed by atoms with van der Waals surface area (Å²) >= 11 is 0. The molecule has 8 rings (SSSR count). The minimum atomic E-state index is 0.109. The summed E-state index contributed by atoms with van der Waals surface area (Å²) in [5.74, 6) is 0. The van der Waals surface area contributed by atoms with Crippen LogP contribution in [0, 0.1) is 0 Å². The highest BCUT2D eigenvalue weighted by molar-refractivity contribution is 5.92. The Morgan fingerprint density at radius 3 is 1.12 bits per heavy atom. The van der Waals surface area contributed by atoms with Crippen molar-refractivity contribution < 1.29 is 0 Å². The van der Waals surface area contributed by atoms with E-state index >= 15 is 0 Å².